The van der Waals surface area contributed by atoms with Gasteiger partial charge >= 0.3 is 0 Å². The summed E-state index contributed by atoms with van der Waals surface area (Å²) in [5.41, 5.74) is 45.7. The van der Waals surface area contributed by atoms with Gasteiger partial charge in [-0.2, -0.15) is 45.9 Å². The number of halogens is 1. The second-order valence-electron chi connectivity index (χ2n) is 28.0. The Morgan fingerprint density at radius 1 is 0.521 bits per heavy atom. The first-order valence-electron chi connectivity index (χ1n) is 38.0. The number of fused-ring (bicyclic) bond motifs is 4. The Morgan fingerprint density at radius 2 is 1.02 bits per heavy atom. The molecule has 4 amide bonds. The van der Waals surface area contributed by atoms with E-state index in [1.54, 1.807) is 115 Å². The first-order valence-corrected chi connectivity index (χ1v) is 39.6. The number of thiazole rings is 2. The lowest BCUT2D eigenvalue weighted by atomic mass is 10.1. The van der Waals surface area contributed by atoms with Crippen molar-refractivity contribution in [2.45, 2.75) is 134 Å². The highest BCUT2D eigenvalue weighted by atomic mass is 32.1. The van der Waals surface area contributed by atoms with E-state index in [-0.39, 0.29) is 70.8 Å². The van der Waals surface area contributed by atoms with Crippen molar-refractivity contribution >= 4 is 89.9 Å². The molecule has 0 fully saturated rings. The van der Waals surface area contributed by atoms with Crippen LogP contribution in [-0.2, 0) is 67.5 Å². The third-order valence-corrected chi connectivity index (χ3v) is 22.0. The number of aliphatic hydroxyl groups excluding tert-OH is 1. The predicted octanol–water partition coefficient (Wildman–Crippen LogP) is 7.45. The van der Waals surface area contributed by atoms with E-state index in [0.717, 1.165) is 97.1 Å². The van der Waals surface area contributed by atoms with Crippen LogP contribution in [0.1, 0.15) is 141 Å². The Kier molecular flexibility index (Phi) is 24.0. The van der Waals surface area contributed by atoms with Gasteiger partial charge in [0.2, 0.25) is 11.6 Å². The summed E-state index contributed by atoms with van der Waals surface area (Å²) in [4.78, 5) is 85.6. The van der Waals surface area contributed by atoms with Crippen LogP contribution in [0.5, 0.6) is 5.75 Å². The highest BCUT2D eigenvalue weighted by Gasteiger charge is 2.30. The molecule has 43 heteroatoms. The fourth-order valence-corrected chi connectivity index (χ4v) is 15.5. The van der Waals surface area contributed by atoms with Crippen molar-refractivity contribution in [3.05, 3.63) is 122 Å². The molecule has 618 valence electrons. The number of unbranched alkanes of at least 4 members (excludes halogenated alkanes) is 1. The normalized spacial score (nSPS) is 12.0. The van der Waals surface area contributed by atoms with Crippen molar-refractivity contribution in [2.75, 3.05) is 6.61 Å². The second kappa shape index (κ2) is 34.3. The Bertz CT molecular complexity index is 6540. The van der Waals surface area contributed by atoms with E-state index in [1.807, 2.05) is 70.0 Å². The minimum absolute atomic E-state index is 0.00344. The van der Waals surface area contributed by atoms with E-state index in [9.17, 15) is 33.8 Å². The number of aromatic hydroxyl groups is 1. The molecule has 0 saturated carbocycles. The number of aromatic amines is 1. The quantitative estimate of drug-likeness (QED) is 0.0283. The summed E-state index contributed by atoms with van der Waals surface area (Å²) < 4.78 is 30.0. The van der Waals surface area contributed by atoms with Gasteiger partial charge in [0.1, 0.15) is 89.7 Å². The fourth-order valence-electron chi connectivity index (χ4n) is 13.5. The monoisotopic (exact) mass is 1660 g/mol. The number of nitrogens with one attached hydrogen (secondary N) is 1. The maximum Gasteiger partial charge on any atom is 0.267 e. The molecule has 2 unspecified atom stereocenters. The summed E-state index contributed by atoms with van der Waals surface area (Å²) in [7, 11) is 7.03. The SMILES string of the molecule is CCC(CO)Cn1ncc2c(-c3nc(-c4c(F)c(C)nn4CC)nn3C)nc(C(N)=O)cc21.CCCCn1nc(C)cc1-c1nc(-c2nc(C(N)=O)cc3c2cnn3C)n[nH]1.CCn1nc(C)c(O)c1-c1nc(-c2nc(C(N)=O)cc3c2cnn3C)c(CN)s1.CCn1nc(C)cc1-c1nc(-c2nc(C(N)=O)cc3c2cnn3C)c(C(C)N)s1. The van der Waals surface area contributed by atoms with Crippen molar-refractivity contribution in [3.8, 4) is 96.0 Å². The summed E-state index contributed by atoms with van der Waals surface area (Å²) in [6.45, 7) is 22.3. The molecule has 15 N–H and O–H groups in total. The molecule has 0 aliphatic heterocycles. The van der Waals surface area contributed by atoms with Gasteiger partial charge in [0.25, 0.3) is 23.6 Å². The number of aryl methyl sites for hydroxylation is 12. The lowest BCUT2D eigenvalue weighted by molar-refractivity contribution is 0.0987. The molecule has 0 spiro atoms. The molecule has 0 saturated heterocycles. The standard InChI is InChI=1S/C21H26FN9O2.C19H22N8OS.C18H21N9O.C18H20N8O2S/c1-5-12(10-32)9-31-15-7-14(19(23)33)25-17(13(15)8-24-31)21-26-20(28-29(21)4)18-16(22)11(3)27-30(18)6-2;1-5-27-14(6-9(2)25-27)19-24-16(17(29-19)10(3)20)15-11-8-22-26(4)13(11)7-12(23-15)18(21)28;1-4-5-6-27-14(7-10(2)25-27)17-22-18(24-23-17)15-11-9-20-26(3)13(11)8-12(21-15)16(19)28;1-4-26-15(16(27)8(2)24-26)18-23-14(12(6-19)29-18)13-9-7-21-25(3)11(9)5-10(22-13)17(20)28/h7-8,12,32H,5-6,9-10H2,1-4H3,(H2,23,33);6-8,10H,5,20H2,1-4H3,(H2,21,28);7-9H,4-6H2,1-3H3,(H2,19,28)(H,22,23,24);5,7,27H,4,6,19H2,1-3H3,(H2,20,28). The van der Waals surface area contributed by atoms with Crippen molar-refractivity contribution in [2.24, 2.45) is 68.5 Å². The molecule has 0 aliphatic carbocycles. The number of H-pyrrole nitrogens is 1. The maximum absolute atomic E-state index is 14.8. The van der Waals surface area contributed by atoms with Crippen LogP contribution in [0.2, 0.25) is 0 Å². The van der Waals surface area contributed by atoms with E-state index in [1.165, 1.54) is 32.0 Å². The molecule has 0 radical (unpaired) electrons. The molecule has 16 aromatic rings. The topological polar surface area (TPSA) is 557 Å². The number of aliphatic hydroxyl groups is 1. The van der Waals surface area contributed by atoms with Crippen LogP contribution < -0.4 is 34.4 Å². The minimum atomic E-state index is -0.701. The van der Waals surface area contributed by atoms with E-state index < -0.39 is 29.4 Å². The van der Waals surface area contributed by atoms with Crippen molar-refractivity contribution < 1.29 is 33.8 Å². The van der Waals surface area contributed by atoms with E-state index in [2.05, 4.69) is 92.9 Å². The zero-order valence-corrected chi connectivity index (χ0v) is 69.4. The average molecular weight is 1660 g/mol. The molecule has 16 aromatic heterocycles. The van der Waals surface area contributed by atoms with Gasteiger partial charge in [-0.15, -0.1) is 27.8 Å². The number of hydrogen-bond donors (Lipinski definition) is 9. The van der Waals surface area contributed by atoms with Crippen LogP contribution in [0.25, 0.3) is 134 Å². The van der Waals surface area contributed by atoms with Gasteiger partial charge in [0.05, 0.1) is 74.5 Å². The zero-order valence-electron chi connectivity index (χ0n) is 67.8. The molecule has 119 heavy (non-hydrogen) atoms. The van der Waals surface area contributed by atoms with Crippen molar-refractivity contribution in [1.82, 2.24) is 138 Å². The Hall–Kier alpha value is -13.7. The third kappa shape index (κ3) is 16.3. The van der Waals surface area contributed by atoms with Gasteiger partial charge in [0.15, 0.2) is 23.2 Å². The van der Waals surface area contributed by atoms with Crippen LogP contribution in [0.3, 0.4) is 0 Å². The number of nitrogens with two attached hydrogens (primary N) is 6. The zero-order chi connectivity index (χ0) is 85.4. The van der Waals surface area contributed by atoms with Crippen molar-refractivity contribution in [1.29, 1.82) is 0 Å². The number of amides is 4. The second-order valence-corrected chi connectivity index (χ2v) is 30.1. The first-order chi connectivity index (χ1) is 56.9. The number of rotatable bonds is 24. The molecule has 0 bridgehead atoms. The third-order valence-electron chi connectivity index (χ3n) is 19.7. The highest BCUT2D eigenvalue weighted by Crippen LogP contribution is 2.42. The largest absolute Gasteiger partial charge is 0.504 e. The summed E-state index contributed by atoms with van der Waals surface area (Å²) in [6.07, 6.45) is 9.54. The number of nitrogens with zero attached hydrogens (tertiary/aromatic N) is 27. The lowest BCUT2D eigenvalue weighted by Crippen LogP contribution is -2.16. The lowest BCUT2D eigenvalue weighted by Gasteiger charge is -2.13. The summed E-state index contributed by atoms with van der Waals surface area (Å²) >= 11 is 2.86. The van der Waals surface area contributed by atoms with Gasteiger partial charge in [-0.1, -0.05) is 20.3 Å². The van der Waals surface area contributed by atoms with Gasteiger partial charge in [-0.3, -0.25) is 61.7 Å². The predicted molar refractivity (Wildman–Crippen MR) is 443 cm³/mol. The van der Waals surface area contributed by atoms with Crippen LogP contribution in [-0.4, -0.2) is 179 Å². The number of pyridine rings is 4. The molecular weight excluding hydrogens is 1570 g/mol. The maximum atomic E-state index is 14.8. The molecule has 0 aliphatic rings. The number of hydrogen-bond acceptors (Lipinski definition) is 28. The number of carbonyl (C=O) groups is 4. The molecule has 0 aromatic carbocycles. The Balaban J connectivity index is 0.000000138. The van der Waals surface area contributed by atoms with E-state index >= 15 is 0 Å². The molecule has 16 heterocycles. The van der Waals surface area contributed by atoms with E-state index in [4.69, 9.17) is 44.4 Å². The summed E-state index contributed by atoms with van der Waals surface area (Å²) in [5.74, 6) is -1.51. The van der Waals surface area contributed by atoms with Gasteiger partial charge < -0.3 is 44.6 Å². The first kappa shape index (κ1) is 83.3. The highest BCUT2D eigenvalue weighted by molar-refractivity contribution is 7.15. The molecule has 40 nitrogen and oxygen atoms in total. The van der Waals surface area contributed by atoms with Crippen LogP contribution in [0, 0.1) is 39.4 Å². The van der Waals surface area contributed by atoms with Crippen LogP contribution in [0.15, 0.2) is 61.2 Å². The van der Waals surface area contributed by atoms with Crippen LogP contribution in [0.4, 0.5) is 4.39 Å². The Morgan fingerprint density at radius 3 is 1.55 bits per heavy atom. The number of aromatic nitrogens is 28. The minimum Gasteiger partial charge on any atom is -0.504 e. The average Bonchev–Trinajstić information content (AvgIpc) is 1.62. The van der Waals surface area contributed by atoms with E-state index in [0.29, 0.717) is 104 Å². The summed E-state index contributed by atoms with van der Waals surface area (Å²) in [6, 6.07) is 10.1. The Labute approximate surface area is 685 Å². The molecule has 2 atom stereocenters. The van der Waals surface area contributed by atoms with Crippen molar-refractivity contribution in [3.63, 3.8) is 0 Å². The number of primary amides is 4. The van der Waals surface area contributed by atoms with Gasteiger partial charge in [0, 0.05) is 112 Å². The summed E-state index contributed by atoms with van der Waals surface area (Å²) in [5, 5.41) is 70.9. The van der Waals surface area contributed by atoms with Gasteiger partial charge in [-0.05, 0) is 105 Å². The molecular formula is C76H89FN34O6S2. The smallest absolute Gasteiger partial charge is 0.267 e. The molecule has 16 rings (SSSR count). The fraction of sp³-hybridized carbons (Fsp3) is 0.342. The number of carbonyl (C=O) groups excluding carboxylic acids is 4. The van der Waals surface area contributed by atoms with Gasteiger partial charge in [-0.25, -0.2) is 48.9 Å². The van der Waals surface area contributed by atoms with Crippen LogP contribution >= 0.6 is 22.7 Å².